The maximum atomic E-state index is 12.7. The monoisotopic (exact) mass is 370 g/mol. The number of amides is 2. The first-order valence-corrected chi connectivity index (χ1v) is 8.91. The summed E-state index contributed by atoms with van der Waals surface area (Å²) in [6.07, 6.45) is 1.02. The van der Waals surface area contributed by atoms with E-state index in [1.165, 1.54) is 0 Å². The molecule has 0 heterocycles. The molecular weight excluding hydrogens is 344 g/mol. The molecule has 2 aromatic rings. The summed E-state index contributed by atoms with van der Waals surface area (Å²) >= 11 is 0. The highest BCUT2D eigenvalue weighted by Gasteiger charge is 2.18. The summed E-state index contributed by atoms with van der Waals surface area (Å²) in [6.45, 7) is 2.50. The highest BCUT2D eigenvalue weighted by Crippen LogP contribution is 2.22. The third-order valence-corrected chi connectivity index (χ3v) is 4.08. The van der Waals surface area contributed by atoms with Gasteiger partial charge in [-0.1, -0.05) is 31.2 Å². The van der Waals surface area contributed by atoms with E-state index in [-0.39, 0.29) is 24.8 Å². The number of hydrogen-bond acceptors (Lipinski definition) is 4. The highest BCUT2D eigenvalue weighted by atomic mass is 16.5. The average Bonchev–Trinajstić information content (AvgIpc) is 2.68. The molecule has 0 saturated carbocycles. The van der Waals surface area contributed by atoms with E-state index in [9.17, 15) is 9.59 Å². The zero-order valence-corrected chi connectivity index (χ0v) is 16.0. The van der Waals surface area contributed by atoms with E-state index in [1.807, 2.05) is 43.3 Å². The number of carbonyl (C=O) groups excluding carboxylic acids is 2. The Morgan fingerprint density at radius 1 is 1.00 bits per heavy atom. The first kappa shape index (κ1) is 20.3. The molecule has 6 heteroatoms. The number of ether oxygens (including phenoxy) is 2. The Hall–Kier alpha value is -3.02. The molecule has 0 aromatic heterocycles. The summed E-state index contributed by atoms with van der Waals surface area (Å²) in [5, 5.41) is 2.81. The summed E-state index contributed by atoms with van der Waals surface area (Å²) in [6, 6.07) is 14.5. The van der Waals surface area contributed by atoms with Crippen molar-refractivity contribution in [1.82, 2.24) is 4.90 Å². The Balaban J connectivity index is 2.00. The molecule has 0 spiro atoms. The molecule has 0 bridgehead atoms. The third-order valence-electron chi connectivity index (χ3n) is 4.08. The molecule has 0 radical (unpaired) electrons. The largest absolute Gasteiger partial charge is 0.497 e. The van der Waals surface area contributed by atoms with Crippen molar-refractivity contribution in [2.24, 2.45) is 0 Å². The van der Waals surface area contributed by atoms with Gasteiger partial charge in [-0.2, -0.15) is 0 Å². The van der Waals surface area contributed by atoms with Crippen molar-refractivity contribution in [3.05, 3.63) is 54.1 Å². The minimum Gasteiger partial charge on any atom is -0.497 e. The minimum absolute atomic E-state index is 0.000870. The molecule has 0 atom stereocenters. The molecule has 2 amide bonds. The van der Waals surface area contributed by atoms with Crippen molar-refractivity contribution < 1.29 is 19.1 Å². The fourth-order valence-corrected chi connectivity index (χ4v) is 2.70. The van der Waals surface area contributed by atoms with Gasteiger partial charge < -0.3 is 19.7 Å². The maximum Gasteiger partial charge on any atom is 0.244 e. The van der Waals surface area contributed by atoms with Crippen LogP contribution in [0.3, 0.4) is 0 Å². The molecule has 27 heavy (non-hydrogen) atoms. The third kappa shape index (κ3) is 6.02. The van der Waals surface area contributed by atoms with Gasteiger partial charge in [0.15, 0.2) is 0 Å². The van der Waals surface area contributed by atoms with Crippen LogP contribution < -0.4 is 14.8 Å². The van der Waals surface area contributed by atoms with Gasteiger partial charge in [-0.3, -0.25) is 9.59 Å². The SMILES string of the molecule is CCCN(CC(=O)Nc1ccccc1OC)C(=O)Cc1ccc(OC)cc1. The van der Waals surface area contributed by atoms with Crippen molar-refractivity contribution in [2.45, 2.75) is 19.8 Å². The van der Waals surface area contributed by atoms with Gasteiger partial charge in [0.2, 0.25) is 11.8 Å². The number of rotatable bonds is 9. The minimum atomic E-state index is -0.254. The maximum absolute atomic E-state index is 12.7. The van der Waals surface area contributed by atoms with Gasteiger partial charge in [0.05, 0.1) is 32.9 Å². The van der Waals surface area contributed by atoms with Gasteiger partial charge >= 0.3 is 0 Å². The van der Waals surface area contributed by atoms with Crippen molar-refractivity contribution >= 4 is 17.5 Å². The molecule has 0 aliphatic rings. The summed E-state index contributed by atoms with van der Waals surface area (Å²) in [4.78, 5) is 26.7. The molecule has 0 aliphatic heterocycles. The van der Waals surface area contributed by atoms with Crippen LogP contribution in [-0.4, -0.2) is 44.0 Å². The number of para-hydroxylation sites is 2. The Labute approximate surface area is 160 Å². The number of nitrogens with one attached hydrogen (secondary N) is 1. The molecule has 0 aliphatic carbocycles. The lowest BCUT2D eigenvalue weighted by Gasteiger charge is -2.22. The van der Waals surface area contributed by atoms with Gasteiger partial charge in [0.1, 0.15) is 11.5 Å². The molecule has 0 unspecified atom stereocenters. The van der Waals surface area contributed by atoms with E-state index in [1.54, 1.807) is 31.3 Å². The molecule has 144 valence electrons. The summed E-state index contributed by atoms with van der Waals surface area (Å²) < 4.78 is 10.4. The fourth-order valence-electron chi connectivity index (χ4n) is 2.70. The Kier molecular flexibility index (Phi) is 7.67. The van der Waals surface area contributed by atoms with Gasteiger partial charge in [0, 0.05) is 6.54 Å². The van der Waals surface area contributed by atoms with Crippen LogP contribution in [0.4, 0.5) is 5.69 Å². The number of benzene rings is 2. The molecule has 0 fully saturated rings. The van der Waals surface area contributed by atoms with Crippen molar-refractivity contribution in [3.63, 3.8) is 0 Å². The van der Waals surface area contributed by atoms with Crippen LogP contribution in [0.1, 0.15) is 18.9 Å². The highest BCUT2D eigenvalue weighted by molar-refractivity contribution is 5.95. The van der Waals surface area contributed by atoms with Crippen molar-refractivity contribution in [1.29, 1.82) is 0 Å². The van der Waals surface area contributed by atoms with Gasteiger partial charge in [-0.15, -0.1) is 0 Å². The van der Waals surface area contributed by atoms with Gasteiger partial charge in [-0.05, 0) is 36.2 Å². The van der Waals surface area contributed by atoms with Crippen LogP contribution in [-0.2, 0) is 16.0 Å². The lowest BCUT2D eigenvalue weighted by molar-refractivity contribution is -0.134. The quantitative estimate of drug-likeness (QED) is 0.736. The zero-order chi connectivity index (χ0) is 19.6. The Morgan fingerprint density at radius 2 is 1.70 bits per heavy atom. The Bertz CT molecular complexity index is 759. The lowest BCUT2D eigenvalue weighted by Crippen LogP contribution is -2.39. The standard InChI is InChI=1S/C21H26N2O4/c1-4-13-23(21(25)14-16-9-11-17(26-2)12-10-16)15-20(24)22-18-7-5-6-8-19(18)27-3/h5-12H,4,13-15H2,1-3H3,(H,22,24). The van der Waals surface area contributed by atoms with Crippen LogP contribution in [0, 0.1) is 0 Å². The van der Waals surface area contributed by atoms with E-state index in [2.05, 4.69) is 5.32 Å². The molecule has 6 nitrogen and oxygen atoms in total. The molecular formula is C21H26N2O4. The van der Waals surface area contributed by atoms with E-state index >= 15 is 0 Å². The number of hydrogen-bond donors (Lipinski definition) is 1. The van der Waals surface area contributed by atoms with Crippen LogP contribution in [0.5, 0.6) is 11.5 Å². The average molecular weight is 370 g/mol. The Morgan fingerprint density at radius 3 is 2.33 bits per heavy atom. The predicted molar refractivity (Wildman–Crippen MR) is 105 cm³/mol. The van der Waals surface area contributed by atoms with Crippen molar-refractivity contribution in [2.75, 3.05) is 32.6 Å². The van der Waals surface area contributed by atoms with Crippen LogP contribution >= 0.6 is 0 Å². The predicted octanol–water partition coefficient (Wildman–Crippen LogP) is 3.12. The van der Waals surface area contributed by atoms with E-state index in [0.717, 1.165) is 17.7 Å². The summed E-state index contributed by atoms with van der Waals surface area (Å²) in [7, 11) is 3.15. The molecule has 2 rings (SSSR count). The zero-order valence-electron chi connectivity index (χ0n) is 16.0. The topological polar surface area (TPSA) is 67.9 Å². The summed E-state index contributed by atoms with van der Waals surface area (Å²) in [5.74, 6) is 0.985. The first-order valence-electron chi connectivity index (χ1n) is 8.91. The van der Waals surface area contributed by atoms with Gasteiger partial charge in [0.25, 0.3) is 0 Å². The molecule has 1 N–H and O–H groups in total. The number of methoxy groups -OCH3 is 2. The summed E-state index contributed by atoms with van der Waals surface area (Å²) in [5.41, 5.74) is 1.47. The second-order valence-electron chi connectivity index (χ2n) is 6.09. The second-order valence-corrected chi connectivity index (χ2v) is 6.09. The molecule has 2 aromatic carbocycles. The van der Waals surface area contributed by atoms with E-state index < -0.39 is 0 Å². The normalized spacial score (nSPS) is 10.2. The van der Waals surface area contributed by atoms with Gasteiger partial charge in [-0.25, -0.2) is 0 Å². The smallest absolute Gasteiger partial charge is 0.244 e. The first-order chi connectivity index (χ1) is 13.1. The van der Waals surface area contributed by atoms with E-state index in [0.29, 0.717) is 18.0 Å². The van der Waals surface area contributed by atoms with Crippen LogP contribution in [0.25, 0.3) is 0 Å². The second kappa shape index (κ2) is 10.2. The van der Waals surface area contributed by atoms with E-state index in [4.69, 9.17) is 9.47 Å². The van der Waals surface area contributed by atoms with Crippen LogP contribution in [0.15, 0.2) is 48.5 Å². The number of anilines is 1. The fraction of sp³-hybridized carbons (Fsp3) is 0.333. The van der Waals surface area contributed by atoms with Crippen molar-refractivity contribution in [3.8, 4) is 11.5 Å². The number of carbonyl (C=O) groups is 2. The number of nitrogens with zero attached hydrogens (tertiary/aromatic N) is 1. The molecule has 0 saturated heterocycles. The van der Waals surface area contributed by atoms with Crippen LogP contribution in [0.2, 0.25) is 0 Å². The lowest BCUT2D eigenvalue weighted by atomic mass is 10.1.